The summed E-state index contributed by atoms with van der Waals surface area (Å²) in [6.07, 6.45) is 5.10. The summed E-state index contributed by atoms with van der Waals surface area (Å²) in [6.45, 7) is 5.57. The van der Waals surface area contributed by atoms with Crippen LogP contribution in [0.2, 0.25) is 0 Å². The van der Waals surface area contributed by atoms with E-state index in [4.69, 9.17) is 0 Å². The Morgan fingerprint density at radius 2 is 1.76 bits per heavy atom. The highest BCUT2D eigenvalue weighted by Crippen LogP contribution is 2.28. The number of nitrogens with one attached hydrogen (secondary N) is 1. The first kappa shape index (κ1) is 23.1. The van der Waals surface area contributed by atoms with Gasteiger partial charge in [-0.1, -0.05) is 62.0 Å². The van der Waals surface area contributed by atoms with Gasteiger partial charge in [0.1, 0.15) is 0 Å². The molecular formula is C26H30N4O2S. The number of hydrogen-bond donors (Lipinski definition) is 1. The molecule has 0 radical (unpaired) electrons. The fraction of sp³-hybridized carbons (Fsp3) is 0.346. The predicted octanol–water partition coefficient (Wildman–Crippen LogP) is 4.97. The van der Waals surface area contributed by atoms with Gasteiger partial charge in [-0.3, -0.25) is 14.2 Å². The summed E-state index contributed by atoms with van der Waals surface area (Å²) in [5.74, 6) is 0.792. The second kappa shape index (κ2) is 10.7. The topological polar surface area (TPSA) is 67.2 Å². The van der Waals surface area contributed by atoms with Gasteiger partial charge in [0.25, 0.3) is 0 Å². The van der Waals surface area contributed by atoms with Crippen molar-refractivity contribution in [1.29, 1.82) is 0 Å². The molecule has 33 heavy (non-hydrogen) atoms. The number of imidazole rings is 1. The fourth-order valence-corrected chi connectivity index (χ4v) is 5.02. The molecule has 0 unspecified atom stereocenters. The Hall–Kier alpha value is -3.06. The van der Waals surface area contributed by atoms with Crippen molar-refractivity contribution in [3.05, 3.63) is 72.6 Å². The number of rotatable bonds is 7. The van der Waals surface area contributed by atoms with E-state index in [1.54, 1.807) is 6.20 Å². The molecule has 1 aliphatic rings. The Morgan fingerprint density at radius 1 is 1.06 bits per heavy atom. The standard InChI is InChI=1S/C26H30N4O2S/c1-19(2)22-10-6-7-11-23(22)30-17-14-27-26(30)33-18-24(31)29-15-12-20(13-16-29)25(32)28-21-8-4-3-5-9-21/h3-11,14,17,19-20H,12-13,15-16,18H2,1-2H3,(H,28,32). The van der Waals surface area contributed by atoms with Crippen LogP contribution in [0.5, 0.6) is 0 Å². The third-order valence-electron chi connectivity index (χ3n) is 6.01. The molecule has 7 heteroatoms. The number of benzene rings is 2. The van der Waals surface area contributed by atoms with Crippen molar-refractivity contribution in [2.45, 2.75) is 37.8 Å². The van der Waals surface area contributed by atoms with Gasteiger partial charge in [-0.05, 0) is 42.5 Å². The van der Waals surface area contributed by atoms with Crippen LogP contribution < -0.4 is 5.32 Å². The number of likely N-dealkylation sites (tertiary alicyclic amines) is 1. The number of anilines is 1. The van der Waals surface area contributed by atoms with Crippen molar-refractivity contribution in [1.82, 2.24) is 14.5 Å². The average molecular weight is 463 g/mol. The number of thioether (sulfide) groups is 1. The van der Waals surface area contributed by atoms with Crippen molar-refractivity contribution in [2.24, 2.45) is 5.92 Å². The SMILES string of the molecule is CC(C)c1ccccc1-n1ccnc1SCC(=O)N1CCC(C(=O)Nc2ccccc2)CC1. The molecule has 1 saturated heterocycles. The summed E-state index contributed by atoms with van der Waals surface area (Å²) in [5, 5.41) is 3.79. The molecule has 2 heterocycles. The van der Waals surface area contributed by atoms with Gasteiger partial charge in [-0.2, -0.15) is 0 Å². The molecule has 0 bridgehead atoms. The van der Waals surface area contributed by atoms with Gasteiger partial charge >= 0.3 is 0 Å². The Kier molecular flexibility index (Phi) is 7.50. The van der Waals surface area contributed by atoms with Crippen LogP contribution in [-0.4, -0.2) is 45.1 Å². The van der Waals surface area contributed by atoms with E-state index in [0.717, 1.165) is 16.5 Å². The van der Waals surface area contributed by atoms with Gasteiger partial charge in [0, 0.05) is 37.1 Å². The second-order valence-electron chi connectivity index (χ2n) is 8.59. The molecule has 172 valence electrons. The van der Waals surface area contributed by atoms with E-state index in [1.165, 1.54) is 17.3 Å². The van der Waals surface area contributed by atoms with Gasteiger partial charge in [0.2, 0.25) is 11.8 Å². The monoisotopic (exact) mass is 462 g/mol. The number of hydrogen-bond acceptors (Lipinski definition) is 4. The van der Waals surface area contributed by atoms with Crippen molar-refractivity contribution in [3.63, 3.8) is 0 Å². The molecule has 0 atom stereocenters. The lowest BCUT2D eigenvalue weighted by Gasteiger charge is -2.31. The molecule has 1 aliphatic heterocycles. The summed E-state index contributed by atoms with van der Waals surface area (Å²) in [4.78, 5) is 31.8. The van der Waals surface area contributed by atoms with Gasteiger partial charge in [-0.15, -0.1) is 0 Å². The number of nitrogens with zero attached hydrogens (tertiary/aromatic N) is 3. The summed E-state index contributed by atoms with van der Waals surface area (Å²) < 4.78 is 2.06. The molecule has 4 rings (SSSR count). The maximum atomic E-state index is 12.9. The highest BCUT2D eigenvalue weighted by Gasteiger charge is 2.27. The van der Waals surface area contributed by atoms with Crippen LogP contribution in [0.25, 0.3) is 5.69 Å². The van der Waals surface area contributed by atoms with Crippen LogP contribution in [0.4, 0.5) is 5.69 Å². The summed E-state index contributed by atoms with van der Waals surface area (Å²) in [6, 6.07) is 17.8. The van der Waals surface area contributed by atoms with Crippen LogP contribution in [0, 0.1) is 5.92 Å². The molecule has 1 N–H and O–H groups in total. The molecule has 1 aromatic heterocycles. The molecule has 2 amide bonds. The first-order valence-electron chi connectivity index (χ1n) is 11.4. The Bertz CT molecular complexity index is 1090. The molecule has 0 spiro atoms. The number of carbonyl (C=O) groups is 2. The quantitative estimate of drug-likeness (QED) is 0.504. The second-order valence-corrected chi connectivity index (χ2v) is 9.53. The van der Waals surface area contributed by atoms with E-state index < -0.39 is 0 Å². The number of amides is 2. The van der Waals surface area contributed by atoms with E-state index >= 15 is 0 Å². The molecule has 3 aromatic rings. The number of carbonyl (C=O) groups excluding carboxylic acids is 2. The smallest absolute Gasteiger partial charge is 0.233 e. The predicted molar refractivity (Wildman–Crippen MR) is 133 cm³/mol. The van der Waals surface area contributed by atoms with Crippen molar-refractivity contribution in [3.8, 4) is 5.69 Å². The first-order chi connectivity index (χ1) is 16.0. The summed E-state index contributed by atoms with van der Waals surface area (Å²) >= 11 is 1.46. The Morgan fingerprint density at radius 3 is 2.48 bits per heavy atom. The molecule has 0 aliphatic carbocycles. The number of aromatic nitrogens is 2. The lowest BCUT2D eigenvalue weighted by molar-refractivity contribution is -0.132. The number of para-hydroxylation sites is 2. The largest absolute Gasteiger partial charge is 0.342 e. The molecule has 2 aromatic carbocycles. The van der Waals surface area contributed by atoms with Crippen LogP contribution in [-0.2, 0) is 9.59 Å². The minimum Gasteiger partial charge on any atom is -0.342 e. The molecule has 1 fully saturated rings. The lowest BCUT2D eigenvalue weighted by atomic mass is 9.96. The van der Waals surface area contributed by atoms with E-state index in [2.05, 4.69) is 46.9 Å². The van der Waals surface area contributed by atoms with E-state index in [0.29, 0.717) is 37.6 Å². The molecule has 0 saturated carbocycles. The lowest BCUT2D eigenvalue weighted by Crippen LogP contribution is -2.42. The van der Waals surface area contributed by atoms with E-state index in [1.807, 2.05) is 47.5 Å². The highest BCUT2D eigenvalue weighted by molar-refractivity contribution is 7.99. The third kappa shape index (κ3) is 5.66. The zero-order valence-corrected chi connectivity index (χ0v) is 19.9. The zero-order valence-electron chi connectivity index (χ0n) is 19.1. The molecular weight excluding hydrogens is 432 g/mol. The van der Waals surface area contributed by atoms with Gasteiger partial charge in [0.15, 0.2) is 5.16 Å². The van der Waals surface area contributed by atoms with Gasteiger partial charge in [-0.25, -0.2) is 4.98 Å². The molecule has 6 nitrogen and oxygen atoms in total. The summed E-state index contributed by atoms with van der Waals surface area (Å²) in [7, 11) is 0. The normalized spacial score (nSPS) is 14.5. The summed E-state index contributed by atoms with van der Waals surface area (Å²) in [5.41, 5.74) is 3.16. The van der Waals surface area contributed by atoms with E-state index in [-0.39, 0.29) is 17.7 Å². The van der Waals surface area contributed by atoms with Gasteiger partial charge in [0.05, 0.1) is 11.4 Å². The Balaban J connectivity index is 1.31. The fourth-order valence-electron chi connectivity index (χ4n) is 4.15. The van der Waals surface area contributed by atoms with Crippen LogP contribution >= 0.6 is 11.8 Å². The number of piperidine rings is 1. The van der Waals surface area contributed by atoms with Crippen molar-refractivity contribution in [2.75, 3.05) is 24.2 Å². The van der Waals surface area contributed by atoms with Crippen LogP contribution in [0.1, 0.15) is 38.2 Å². The highest BCUT2D eigenvalue weighted by atomic mass is 32.2. The van der Waals surface area contributed by atoms with Crippen LogP contribution in [0.3, 0.4) is 0 Å². The average Bonchev–Trinajstić information content (AvgIpc) is 3.31. The minimum absolute atomic E-state index is 0.0357. The van der Waals surface area contributed by atoms with E-state index in [9.17, 15) is 9.59 Å². The van der Waals surface area contributed by atoms with Gasteiger partial charge < -0.3 is 10.2 Å². The Labute approximate surface area is 199 Å². The zero-order chi connectivity index (χ0) is 23.2. The minimum atomic E-state index is -0.0617. The van der Waals surface area contributed by atoms with Crippen molar-refractivity contribution < 1.29 is 9.59 Å². The maximum absolute atomic E-state index is 12.9. The maximum Gasteiger partial charge on any atom is 0.233 e. The first-order valence-corrected chi connectivity index (χ1v) is 12.4. The third-order valence-corrected chi connectivity index (χ3v) is 6.96. The van der Waals surface area contributed by atoms with Crippen LogP contribution in [0.15, 0.2) is 72.1 Å². The van der Waals surface area contributed by atoms with Crippen molar-refractivity contribution >= 4 is 29.3 Å².